The number of fused-ring (bicyclic) bond motifs is 1. The first-order valence-corrected chi connectivity index (χ1v) is 13.6. The monoisotopic (exact) mass is 605 g/mol. The largest absolute Gasteiger partial charge is 0.416 e. The normalized spacial score (nSPS) is 20.1. The molecule has 2 amide bonds. The van der Waals surface area contributed by atoms with Crippen LogP contribution in [0.3, 0.4) is 0 Å². The average Bonchev–Trinajstić information content (AvgIpc) is 3.19. The van der Waals surface area contributed by atoms with Crippen molar-refractivity contribution < 1.29 is 40.7 Å². The summed E-state index contributed by atoms with van der Waals surface area (Å²) in [7, 11) is 0. The van der Waals surface area contributed by atoms with Gasteiger partial charge in [-0.05, 0) is 80.1 Å². The molecule has 1 saturated heterocycles. The number of hydrogen-bond acceptors (Lipinski definition) is 4. The molecule has 1 aliphatic carbocycles. The Morgan fingerprint density at radius 1 is 0.814 bits per heavy atom. The van der Waals surface area contributed by atoms with E-state index in [9.17, 15) is 35.9 Å². The van der Waals surface area contributed by atoms with Gasteiger partial charge in [0.05, 0.1) is 23.3 Å². The number of nitrogens with zero attached hydrogens (tertiary/aromatic N) is 1. The SMILES string of the molecule is CC1(C)OC[C@@]2(CCc3ccc(C(=O)NNC(=O)c4cc(C(F)(F)F)cc(C(F)(F)F)c4)cc3C2)N1Cc1ccccc1. The first-order valence-electron chi connectivity index (χ1n) is 13.6. The van der Waals surface area contributed by atoms with Crippen molar-refractivity contribution in [2.45, 2.75) is 63.3 Å². The number of rotatable bonds is 4. The van der Waals surface area contributed by atoms with Gasteiger partial charge in [0.2, 0.25) is 0 Å². The zero-order valence-electron chi connectivity index (χ0n) is 23.3. The van der Waals surface area contributed by atoms with Crippen molar-refractivity contribution in [2.24, 2.45) is 0 Å². The number of carbonyl (C=O) groups is 2. The summed E-state index contributed by atoms with van der Waals surface area (Å²) in [5.74, 6) is -2.10. The molecule has 1 fully saturated rings. The third kappa shape index (κ3) is 6.40. The number of aryl methyl sites for hydroxylation is 1. The minimum absolute atomic E-state index is 0.0767. The fourth-order valence-electron chi connectivity index (χ4n) is 5.85. The molecule has 3 aromatic carbocycles. The molecular weight excluding hydrogens is 576 g/mol. The summed E-state index contributed by atoms with van der Waals surface area (Å²) in [5, 5.41) is 0. The minimum Gasteiger partial charge on any atom is -0.359 e. The second kappa shape index (κ2) is 11.0. The number of hydrazine groups is 1. The molecule has 6 nitrogen and oxygen atoms in total. The topological polar surface area (TPSA) is 70.7 Å². The lowest BCUT2D eigenvalue weighted by Crippen LogP contribution is -2.54. The van der Waals surface area contributed by atoms with Crippen LogP contribution < -0.4 is 10.9 Å². The Morgan fingerprint density at radius 3 is 2.02 bits per heavy atom. The van der Waals surface area contributed by atoms with Gasteiger partial charge >= 0.3 is 12.4 Å². The number of benzene rings is 3. The number of alkyl halides is 6. The van der Waals surface area contributed by atoms with Crippen molar-refractivity contribution in [3.8, 4) is 0 Å². The maximum Gasteiger partial charge on any atom is 0.416 e. The lowest BCUT2D eigenvalue weighted by atomic mass is 9.76. The molecule has 2 aliphatic rings. The highest BCUT2D eigenvalue weighted by atomic mass is 19.4. The molecule has 0 saturated carbocycles. The van der Waals surface area contributed by atoms with E-state index in [0.717, 1.165) is 29.5 Å². The molecule has 0 unspecified atom stereocenters. The van der Waals surface area contributed by atoms with E-state index >= 15 is 0 Å². The molecule has 0 bridgehead atoms. The molecule has 12 heteroatoms. The number of carbonyl (C=O) groups excluding carboxylic acids is 2. The Balaban J connectivity index is 1.32. The van der Waals surface area contributed by atoms with Gasteiger partial charge in [-0.15, -0.1) is 0 Å². The lowest BCUT2D eigenvalue weighted by molar-refractivity contribution is -0.143. The van der Waals surface area contributed by atoms with Crippen LogP contribution in [0.25, 0.3) is 0 Å². The van der Waals surface area contributed by atoms with Crippen molar-refractivity contribution >= 4 is 11.8 Å². The molecule has 0 radical (unpaired) electrons. The Morgan fingerprint density at radius 2 is 1.42 bits per heavy atom. The van der Waals surface area contributed by atoms with Gasteiger partial charge in [-0.3, -0.25) is 25.3 Å². The van der Waals surface area contributed by atoms with Crippen LogP contribution in [0.1, 0.15) is 68.8 Å². The fourth-order valence-corrected chi connectivity index (χ4v) is 5.85. The van der Waals surface area contributed by atoms with Crippen molar-refractivity contribution in [3.05, 3.63) is 106 Å². The summed E-state index contributed by atoms with van der Waals surface area (Å²) >= 11 is 0. The molecule has 5 rings (SSSR count). The molecule has 43 heavy (non-hydrogen) atoms. The third-order valence-corrected chi connectivity index (χ3v) is 8.09. The quantitative estimate of drug-likeness (QED) is 0.271. The van der Waals surface area contributed by atoms with Crippen molar-refractivity contribution in [3.63, 3.8) is 0 Å². The van der Waals surface area contributed by atoms with E-state index in [4.69, 9.17) is 4.74 Å². The number of amides is 2. The van der Waals surface area contributed by atoms with Gasteiger partial charge in [-0.1, -0.05) is 36.4 Å². The lowest BCUT2D eigenvalue weighted by Gasteiger charge is -2.45. The molecular formula is C31H29F6N3O3. The second-order valence-corrected chi connectivity index (χ2v) is 11.4. The average molecular weight is 606 g/mol. The summed E-state index contributed by atoms with van der Waals surface area (Å²) in [5.41, 5.74) is 2.28. The molecule has 1 spiro atoms. The molecule has 2 N–H and O–H groups in total. The van der Waals surface area contributed by atoms with Gasteiger partial charge in [0.15, 0.2) is 0 Å². The third-order valence-electron chi connectivity index (χ3n) is 8.09. The van der Waals surface area contributed by atoms with Crippen LogP contribution in [0, 0.1) is 0 Å². The Labute approximate surface area is 244 Å². The smallest absolute Gasteiger partial charge is 0.359 e. The number of ether oxygens (including phenoxy) is 1. The zero-order chi connectivity index (χ0) is 31.2. The first kappa shape index (κ1) is 30.6. The van der Waals surface area contributed by atoms with E-state index in [1.54, 1.807) is 12.1 Å². The fraction of sp³-hybridized carbons (Fsp3) is 0.355. The summed E-state index contributed by atoms with van der Waals surface area (Å²) in [6.07, 6.45) is -8.05. The van der Waals surface area contributed by atoms with Gasteiger partial charge in [0, 0.05) is 17.7 Å². The molecule has 3 aromatic rings. The molecule has 0 aromatic heterocycles. The summed E-state index contributed by atoms with van der Waals surface area (Å²) in [6, 6.07) is 15.6. The summed E-state index contributed by atoms with van der Waals surface area (Å²) in [6.45, 7) is 5.21. The van der Waals surface area contributed by atoms with E-state index < -0.39 is 46.6 Å². The first-order chi connectivity index (χ1) is 20.1. The maximum absolute atomic E-state index is 13.2. The van der Waals surface area contributed by atoms with Gasteiger partial charge in [0.1, 0.15) is 5.72 Å². The standard InChI is InChI=1S/C31H29F6N3O3/c1-28(2)40(17-19-6-4-3-5-7-19)29(18-43-28)11-10-20-8-9-21(12-23(20)16-29)26(41)38-39-27(42)22-13-24(30(32,33)34)15-25(14-22)31(35,36)37/h3-9,12-15H,10-11,16-18H2,1-2H3,(H,38,41)(H,39,42)/t29-/m0/s1. The predicted molar refractivity (Wildman–Crippen MR) is 145 cm³/mol. The van der Waals surface area contributed by atoms with Crippen LogP contribution in [0.5, 0.6) is 0 Å². The highest BCUT2D eigenvalue weighted by molar-refractivity contribution is 5.99. The van der Waals surface area contributed by atoms with Gasteiger partial charge in [0.25, 0.3) is 11.8 Å². The van der Waals surface area contributed by atoms with E-state index in [1.165, 1.54) is 0 Å². The Kier molecular flexibility index (Phi) is 7.80. The molecule has 1 heterocycles. The number of nitrogens with one attached hydrogen (secondary N) is 2. The van der Waals surface area contributed by atoms with Crippen molar-refractivity contribution in [1.82, 2.24) is 15.8 Å². The Hall–Kier alpha value is -3.90. The van der Waals surface area contributed by atoms with Gasteiger partial charge < -0.3 is 4.74 Å². The second-order valence-electron chi connectivity index (χ2n) is 11.4. The predicted octanol–water partition coefficient (Wildman–Crippen LogP) is 6.30. The highest BCUT2D eigenvalue weighted by Crippen LogP contribution is 2.44. The Bertz CT molecular complexity index is 1510. The van der Waals surface area contributed by atoms with Crippen molar-refractivity contribution in [1.29, 1.82) is 0 Å². The summed E-state index contributed by atoms with van der Waals surface area (Å²) in [4.78, 5) is 27.8. The minimum atomic E-state index is -5.11. The zero-order valence-corrected chi connectivity index (χ0v) is 23.3. The summed E-state index contributed by atoms with van der Waals surface area (Å²) < 4.78 is 85.3. The van der Waals surface area contributed by atoms with Crippen LogP contribution in [-0.2, 0) is 36.5 Å². The molecule has 1 atom stereocenters. The van der Waals surface area contributed by atoms with Crippen LogP contribution in [0.2, 0.25) is 0 Å². The van der Waals surface area contributed by atoms with Crippen LogP contribution >= 0.6 is 0 Å². The van der Waals surface area contributed by atoms with Crippen LogP contribution in [0.15, 0.2) is 66.7 Å². The maximum atomic E-state index is 13.2. The van der Waals surface area contributed by atoms with E-state index in [1.807, 2.05) is 43.5 Å². The van der Waals surface area contributed by atoms with E-state index in [0.29, 0.717) is 31.7 Å². The number of hydrogen-bond donors (Lipinski definition) is 2. The molecule has 228 valence electrons. The van der Waals surface area contributed by atoms with Crippen LogP contribution in [-0.4, -0.2) is 34.6 Å². The number of halogens is 6. The van der Waals surface area contributed by atoms with Crippen molar-refractivity contribution in [2.75, 3.05) is 6.61 Å². The van der Waals surface area contributed by atoms with Gasteiger partial charge in [-0.2, -0.15) is 26.3 Å². The van der Waals surface area contributed by atoms with Crippen LogP contribution in [0.4, 0.5) is 26.3 Å². The van der Waals surface area contributed by atoms with E-state index in [2.05, 4.69) is 22.5 Å². The van der Waals surface area contributed by atoms with Gasteiger partial charge in [-0.25, -0.2) is 0 Å². The highest BCUT2D eigenvalue weighted by Gasteiger charge is 2.52. The molecule has 1 aliphatic heterocycles. The van der Waals surface area contributed by atoms with E-state index in [-0.39, 0.29) is 17.2 Å².